The van der Waals surface area contributed by atoms with Crippen molar-refractivity contribution in [3.05, 3.63) is 71.6 Å². The minimum Gasteiger partial charge on any atom is -0.322 e. The molecule has 0 spiro atoms. The van der Waals surface area contributed by atoms with Gasteiger partial charge in [0.25, 0.3) is 15.9 Å². The molecule has 0 aliphatic rings. The van der Waals surface area contributed by atoms with Gasteiger partial charge in [-0.05, 0) is 48.5 Å². The van der Waals surface area contributed by atoms with Gasteiger partial charge in [-0.3, -0.25) is 14.5 Å². The molecule has 1 amide bonds. The van der Waals surface area contributed by atoms with Crippen LogP contribution in [0.5, 0.6) is 0 Å². The number of pyridine rings is 1. The van der Waals surface area contributed by atoms with Crippen molar-refractivity contribution >= 4 is 39.0 Å². The van der Waals surface area contributed by atoms with Crippen LogP contribution in [-0.4, -0.2) is 29.5 Å². The van der Waals surface area contributed by atoms with Crippen molar-refractivity contribution in [2.24, 2.45) is 0 Å². The van der Waals surface area contributed by atoms with E-state index in [0.29, 0.717) is 11.3 Å². The minimum atomic E-state index is -3.84. The molecule has 8 nitrogen and oxygen atoms in total. The molecule has 10 heteroatoms. The second-order valence-electron chi connectivity index (χ2n) is 5.07. The molecule has 0 saturated heterocycles. The normalized spacial score (nSPS) is 11.0. The lowest BCUT2D eigenvalue weighted by molar-refractivity contribution is 0.102. The summed E-state index contributed by atoms with van der Waals surface area (Å²) in [6.45, 7) is 0. The lowest BCUT2D eigenvalue weighted by atomic mass is 10.2. The SMILES string of the molecule is O=C(Nc1ccc(S(=O)(=O)Nc2ccc(Cl)nn2)cc1)c1cccnc1. The molecule has 0 fully saturated rings. The largest absolute Gasteiger partial charge is 0.322 e. The Bertz CT molecular complexity index is 1010. The minimum absolute atomic E-state index is 0.00799. The van der Waals surface area contributed by atoms with Crippen molar-refractivity contribution < 1.29 is 13.2 Å². The van der Waals surface area contributed by atoms with E-state index in [1.807, 2.05) is 0 Å². The summed E-state index contributed by atoms with van der Waals surface area (Å²) < 4.78 is 27.0. The molecule has 2 heterocycles. The van der Waals surface area contributed by atoms with Gasteiger partial charge in [-0.25, -0.2) is 8.42 Å². The van der Waals surface area contributed by atoms with Gasteiger partial charge >= 0.3 is 0 Å². The average Bonchev–Trinajstić information content (AvgIpc) is 2.64. The number of nitrogens with zero attached hydrogens (tertiary/aromatic N) is 3. The maximum Gasteiger partial charge on any atom is 0.263 e. The predicted molar refractivity (Wildman–Crippen MR) is 96.5 cm³/mol. The van der Waals surface area contributed by atoms with E-state index >= 15 is 0 Å². The first-order valence-corrected chi connectivity index (χ1v) is 9.14. The quantitative estimate of drug-likeness (QED) is 0.693. The topological polar surface area (TPSA) is 114 Å². The van der Waals surface area contributed by atoms with Crippen molar-refractivity contribution in [3.63, 3.8) is 0 Å². The summed E-state index contributed by atoms with van der Waals surface area (Å²) in [5, 5.41) is 10.0. The third-order valence-electron chi connectivity index (χ3n) is 3.22. The number of amides is 1. The molecular weight excluding hydrogens is 378 g/mol. The summed E-state index contributed by atoms with van der Waals surface area (Å²) in [4.78, 5) is 15.9. The average molecular weight is 390 g/mol. The summed E-state index contributed by atoms with van der Waals surface area (Å²) in [5.74, 6) is -0.299. The zero-order chi connectivity index (χ0) is 18.6. The van der Waals surface area contributed by atoms with Crippen molar-refractivity contribution in [1.82, 2.24) is 15.2 Å². The van der Waals surface area contributed by atoms with E-state index in [4.69, 9.17) is 11.6 Å². The molecule has 0 atom stereocenters. The Hall–Kier alpha value is -3.04. The first kappa shape index (κ1) is 17.8. The zero-order valence-electron chi connectivity index (χ0n) is 13.1. The van der Waals surface area contributed by atoms with Crippen LogP contribution in [0.25, 0.3) is 0 Å². The molecule has 1 aromatic carbocycles. The molecular formula is C16H12ClN5O3S. The molecule has 0 aliphatic heterocycles. The van der Waals surface area contributed by atoms with Gasteiger partial charge in [0.15, 0.2) is 11.0 Å². The van der Waals surface area contributed by atoms with Crippen molar-refractivity contribution in [3.8, 4) is 0 Å². The molecule has 2 aromatic heterocycles. The van der Waals surface area contributed by atoms with E-state index in [9.17, 15) is 13.2 Å². The highest BCUT2D eigenvalue weighted by Gasteiger charge is 2.15. The number of aromatic nitrogens is 3. The Morgan fingerprint density at radius 2 is 1.77 bits per heavy atom. The number of benzene rings is 1. The van der Waals surface area contributed by atoms with Gasteiger partial charge in [0.1, 0.15) is 0 Å². The van der Waals surface area contributed by atoms with Crippen molar-refractivity contribution in [2.45, 2.75) is 4.90 Å². The number of carbonyl (C=O) groups is 1. The summed E-state index contributed by atoms with van der Waals surface area (Å²) in [6.07, 6.45) is 3.00. The Balaban J connectivity index is 1.72. The van der Waals surface area contributed by atoms with Gasteiger partial charge in [-0.15, -0.1) is 10.2 Å². The van der Waals surface area contributed by atoms with E-state index < -0.39 is 10.0 Å². The van der Waals surface area contributed by atoms with Gasteiger partial charge in [0.2, 0.25) is 0 Å². The smallest absolute Gasteiger partial charge is 0.263 e. The second-order valence-corrected chi connectivity index (χ2v) is 7.14. The molecule has 3 aromatic rings. The van der Waals surface area contributed by atoms with E-state index in [2.05, 4.69) is 25.2 Å². The maximum atomic E-state index is 12.3. The van der Waals surface area contributed by atoms with Gasteiger partial charge in [-0.2, -0.15) is 0 Å². The Kier molecular flexibility index (Phi) is 5.10. The molecule has 3 rings (SSSR count). The third-order valence-corrected chi connectivity index (χ3v) is 4.79. The Labute approximate surface area is 154 Å². The number of rotatable bonds is 5. The number of anilines is 2. The number of hydrogen-bond donors (Lipinski definition) is 2. The molecule has 0 bridgehead atoms. The maximum absolute atomic E-state index is 12.3. The lowest BCUT2D eigenvalue weighted by Gasteiger charge is -2.08. The van der Waals surface area contributed by atoms with Crippen LogP contribution in [0.4, 0.5) is 11.5 Å². The fourth-order valence-electron chi connectivity index (χ4n) is 1.98. The van der Waals surface area contributed by atoms with Crippen LogP contribution in [0.1, 0.15) is 10.4 Å². The van der Waals surface area contributed by atoms with Gasteiger partial charge in [0, 0.05) is 18.1 Å². The predicted octanol–water partition coefficient (Wildman–Crippen LogP) is 2.58. The van der Waals surface area contributed by atoms with Crippen molar-refractivity contribution in [1.29, 1.82) is 0 Å². The number of carbonyl (C=O) groups excluding carboxylic acids is 1. The molecule has 0 radical (unpaired) electrons. The van der Waals surface area contributed by atoms with E-state index in [1.165, 1.54) is 42.6 Å². The first-order valence-electron chi connectivity index (χ1n) is 7.27. The number of hydrogen-bond acceptors (Lipinski definition) is 6. The Morgan fingerprint density at radius 1 is 1.00 bits per heavy atom. The molecule has 2 N–H and O–H groups in total. The van der Waals surface area contributed by atoms with Gasteiger partial charge in [0.05, 0.1) is 10.5 Å². The Morgan fingerprint density at radius 3 is 2.38 bits per heavy atom. The zero-order valence-corrected chi connectivity index (χ0v) is 14.7. The number of nitrogens with one attached hydrogen (secondary N) is 2. The van der Waals surface area contributed by atoms with Gasteiger partial charge in [-0.1, -0.05) is 11.6 Å². The van der Waals surface area contributed by atoms with Gasteiger partial charge < -0.3 is 5.32 Å². The summed E-state index contributed by atoms with van der Waals surface area (Å²) in [7, 11) is -3.84. The lowest BCUT2D eigenvalue weighted by Crippen LogP contribution is -2.15. The first-order chi connectivity index (χ1) is 12.4. The van der Waals surface area contributed by atoms with Crippen LogP contribution >= 0.6 is 11.6 Å². The standard InChI is InChI=1S/C16H12ClN5O3S/c17-14-7-8-15(21-20-14)22-26(24,25)13-5-3-12(4-6-13)19-16(23)11-2-1-9-18-10-11/h1-10H,(H,19,23)(H,21,22). The molecule has 26 heavy (non-hydrogen) atoms. The molecule has 0 aliphatic carbocycles. The molecule has 132 valence electrons. The van der Waals surface area contributed by atoms with Crippen LogP contribution in [0.3, 0.4) is 0 Å². The fourth-order valence-corrected chi connectivity index (χ4v) is 3.08. The molecule has 0 unspecified atom stereocenters. The summed E-state index contributed by atoms with van der Waals surface area (Å²) >= 11 is 5.61. The van der Waals surface area contributed by atoms with Crippen LogP contribution in [0, 0.1) is 0 Å². The molecule has 0 saturated carbocycles. The monoisotopic (exact) mass is 389 g/mol. The highest BCUT2D eigenvalue weighted by Crippen LogP contribution is 2.18. The van der Waals surface area contributed by atoms with Crippen LogP contribution in [0.2, 0.25) is 5.15 Å². The fraction of sp³-hybridized carbons (Fsp3) is 0. The number of sulfonamides is 1. The van der Waals surface area contributed by atoms with E-state index in [1.54, 1.807) is 18.3 Å². The van der Waals surface area contributed by atoms with E-state index in [0.717, 1.165) is 0 Å². The van der Waals surface area contributed by atoms with Crippen molar-refractivity contribution in [2.75, 3.05) is 10.0 Å². The highest BCUT2D eigenvalue weighted by atomic mass is 35.5. The second kappa shape index (κ2) is 7.46. The van der Waals surface area contributed by atoms with Crippen LogP contribution in [0.15, 0.2) is 65.8 Å². The highest BCUT2D eigenvalue weighted by molar-refractivity contribution is 7.92. The van der Waals surface area contributed by atoms with E-state index in [-0.39, 0.29) is 21.8 Å². The van der Waals surface area contributed by atoms with Crippen LogP contribution in [-0.2, 0) is 10.0 Å². The van der Waals surface area contributed by atoms with Crippen LogP contribution < -0.4 is 10.0 Å². The summed E-state index contributed by atoms with van der Waals surface area (Å²) in [5.41, 5.74) is 0.844. The third kappa shape index (κ3) is 4.32. The number of halogens is 1. The summed E-state index contributed by atoms with van der Waals surface area (Å²) in [6, 6.07) is 11.8.